The predicted octanol–water partition coefficient (Wildman–Crippen LogP) is 4.71. The fraction of sp³-hybridized carbons (Fsp3) is 0.625. The molecular weight excluding hydrogens is 304 g/mol. The van der Waals surface area contributed by atoms with Crippen LogP contribution >= 0.6 is 15.9 Å². The maximum Gasteiger partial charge on any atom is 0.126 e. The van der Waals surface area contributed by atoms with Crippen molar-refractivity contribution in [3.63, 3.8) is 0 Å². The summed E-state index contributed by atoms with van der Waals surface area (Å²) in [5.41, 5.74) is 0.870. The van der Waals surface area contributed by atoms with E-state index < -0.39 is 6.10 Å². The number of hydrogen-bond donors (Lipinski definition) is 1. The molecule has 106 valence electrons. The van der Waals surface area contributed by atoms with E-state index in [4.69, 9.17) is 4.74 Å². The third-order valence-electron chi connectivity index (χ3n) is 4.27. The molecule has 1 aliphatic carbocycles. The number of ether oxygens (including phenoxy) is 1. The smallest absolute Gasteiger partial charge is 0.126 e. The van der Waals surface area contributed by atoms with Gasteiger partial charge in [-0.25, -0.2) is 0 Å². The zero-order chi connectivity index (χ0) is 14.0. The highest BCUT2D eigenvalue weighted by Gasteiger charge is 2.26. The molecule has 0 saturated heterocycles. The molecule has 0 bridgehead atoms. The van der Waals surface area contributed by atoms with Gasteiger partial charge in [0.05, 0.1) is 12.2 Å². The summed E-state index contributed by atoms with van der Waals surface area (Å²) in [5, 5.41) is 9.82. The summed E-state index contributed by atoms with van der Waals surface area (Å²) < 4.78 is 7.15. The van der Waals surface area contributed by atoms with E-state index in [1.165, 1.54) is 6.42 Å². The molecule has 1 aromatic carbocycles. The van der Waals surface area contributed by atoms with Crippen LogP contribution in [0.25, 0.3) is 0 Å². The summed E-state index contributed by atoms with van der Waals surface area (Å²) in [6, 6.07) is 5.84. The van der Waals surface area contributed by atoms with Gasteiger partial charge in [0, 0.05) is 10.0 Å². The van der Waals surface area contributed by atoms with Gasteiger partial charge < -0.3 is 9.84 Å². The molecule has 4 atom stereocenters. The van der Waals surface area contributed by atoms with Crippen LogP contribution in [-0.2, 0) is 0 Å². The van der Waals surface area contributed by atoms with Gasteiger partial charge in [0.2, 0.25) is 0 Å². The SMILES string of the molecule is CC(O)c1ccc(Br)cc1OC1CCC(C)C(C)C1. The van der Waals surface area contributed by atoms with E-state index in [0.717, 1.165) is 34.5 Å². The molecule has 0 radical (unpaired) electrons. The Bertz CT molecular complexity index is 431. The fourth-order valence-corrected chi connectivity index (χ4v) is 3.08. The molecule has 0 spiro atoms. The Kier molecular flexibility index (Phi) is 4.91. The van der Waals surface area contributed by atoms with Crippen molar-refractivity contribution in [3.05, 3.63) is 28.2 Å². The summed E-state index contributed by atoms with van der Waals surface area (Å²) in [5.74, 6) is 2.32. The molecule has 2 rings (SSSR count). The second kappa shape index (κ2) is 6.27. The molecular formula is C16H23BrO2. The maximum atomic E-state index is 9.82. The van der Waals surface area contributed by atoms with Gasteiger partial charge >= 0.3 is 0 Å². The molecule has 1 aromatic rings. The van der Waals surface area contributed by atoms with Crippen LogP contribution in [0.15, 0.2) is 22.7 Å². The van der Waals surface area contributed by atoms with Crippen molar-refractivity contribution in [1.82, 2.24) is 0 Å². The van der Waals surface area contributed by atoms with Gasteiger partial charge in [-0.05, 0) is 50.2 Å². The molecule has 4 unspecified atom stereocenters. The van der Waals surface area contributed by atoms with Gasteiger partial charge in [0.15, 0.2) is 0 Å². The second-order valence-electron chi connectivity index (χ2n) is 5.87. The third kappa shape index (κ3) is 3.73. The zero-order valence-electron chi connectivity index (χ0n) is 11.9. The Balaban J connectivity index is 2.12. The minimum atomic E-state index is -0.497. The molecule has 1 saturated carbocycles. The van der Waals surface area contributed by atoms with E-state index in [-0.39, 0.29) is 6.10 Å². The molecule has 0 amide bonds. The highest BCUT2D eigenvalue weighted by Crippen LogP contribution is 2.35. The van der Waals surface area contributed by atoms with Gasteiger partial charge in [0.1, 0.15) is 5.75 Å². The lowest BCUT2D eigenvalue weighted by atomic mass is 9.80. The largest absolute Gasteiger partial charge is 0.490 e. The highest BCUT2D eigenvalue weighted by molar-refractivity contribution is 9.10. The van der Waals surface area contributed by atoms with Gasteiger partial charge in [-0.1, -0.05) is 35.8 Å². The quantitative estimate of drug-likeness (QED) is 0.871. The Labute approximate surface area is 124 Å². The molecule has 1 fully saturated rings. The normalized spacial score (nSPS) is 29.0. The van der Waals surface area contributed by atoms with Gasteiger partial charge in [-0.15, -0.1) is 0 Å². The molecule has 0 heterocycles. The Hall–Kier alpha value is -0.540. The average Bonchev–Trinajstić information content (AvgIpc) is 2.33. The molecule has 0 aliphatic heterocycles. The summed E-state index contributed by atoms with van der Waals surface area (Å²) in [6.45, 7) is 6.40. The van der Waals surface area contributed by atoms with E-state index in [1.807, 2.05) is 18.2 Å². The van der Waals surface area contributed by atoms with E-state index in [9.17, 15) is 5.11 Å². The van der Waals surface area contributed by atoms with Crippen molar-refractivity contribution in [3.8, 4) is 5.75 Å². The lowest BCUT2D eigenvalue weighted by Crippen LogP contribution is -2.29. The summed E-state index contributed by atoms with van der Waals surface area (Å²) in [4.78, 5) is 0. The van der Waals surface area contributed by atoms with Crippen molar-refractivity contribution >= 4 is 15.9 Å². The first-order valence-corrected chi connectivity index (χ1v) is 7.91. The number of aliphatic hydroxyl groups excluding tert-OH is 1. The number of benzene rings is 1. The summed E-state index contributed by atoms with van der Waals surface area (Å²) in [6.07, 6.45) is 3.22. The van der Waals surface area contributed by atoms with Crippen molar-refractivity contribution in [2.75, 3.05) is 0 Å². The van der Waals surface area contributed by atoms with Crippen LogP contribution in [0.2, 0.25) is 0 Å². The van der Waals surface area contributed by atoms with Gasteiger partial charge in [0.25, 0.3) is 0 Å². The molecule has 1 aliphatic rings. The molecule has 19 heavy (non-hydrogen) atoms. The summed E-state index contributed by atoms with van der Waals surface area (Å²) in [7, 11) is 0. The predicted molar refractivity (Wildman–Crippen MR) is 81.4 cm³/mol. The van der Waals surface area contributed by atoms with E-state index in [2.05, 4.69) is 29.8 Å². The van der Waals surface area contributed by atoms with Crippen LogP contribution in [0.3, 0.4) is 0 Å². The second-order valence-corrected chi connectivity index (χ2v) is 6.78. The monoisotopic (exact) mass is 326 g/mol. The van der Waals surface area contributed by atoms with E-state index >= 15 is 0 Å². The number of aliphatic hydroxyl groups is 1. The lowest BCUT2D eigenvalue weighted by Gasteiger charge is -2.33. The van der Waals surface area contributed by atoms with Gasteiger partial charge in [-0.2, -0.15) is 0 Å². The lowest BCUT2D eigenvalue weighted by molar-refractivity contribution is 0.0957. The Morgan fingerprint density at radius 3 is 2.63 bits per heavy atom. The minimum absolute atomic E-state index is 0.276. The average molecular weight is 327 g/mol. The highest BCUT2D eigenvalue weighted by atomic mass is 79.9. The Morgan fingerprint density at radius 1 is 1.26 bits per heavy atom. The number of halogens is 1. The van der Waals surface area contributed by atoms with E-state index in [0.29, 0.717) is 5.92 Å². The third-order valence-corrected chi connectivity index (χ3v) is 4.76. The molecule has 1 N–H and O–H groups in total. The zero-order valence-corrected chi connectivity index (χ0v) is 13.5. The van der Waals surface area contributed by atoms with E-state index in [1.54, 1.807) is 6.92 Å². The minimum Gasteiger partial charge on any atom is -0.490 e. The summed E-state index contributed by atoms with van der Waals surface area (Å²) >= 11 is 3.47. The van der Waals surface area contributed by atoms with Crippen LogP contribution in [0.1, 0.15) is 51.7 Å². The first-order valence-electron chi connectivity index (χ1n) is 7.11. The first kappa shape index (κ1) is 14.9. The van der Waals surface area contributed by atoms with Gasteiger partial charge in [-0.3, -0.25) is 0 Å². The molecule has 3 heteroatoms. The maximum absolute atomic E-state index is 9.82. The van der Waals surface area contributed by atoms with Crippen LogP contribution in [-0.4, -0.2) is 11.2 Å². The topological polar surface area (TPSA) is 29.5 Å². The van der Waals surface area contributed by atoms with Crippen LogP contribution in [0.5, 0.6) is 5.75 Å². The van der Waals surface area contributed by atoms with Crippen molar-refractivity contribution in [2.45, 2.75) is 52.2 Å². The standard InChI is InChI=1S/C16H23BrO2/c1-10-4-6-14(8-11(10)2)19-16-9-13(17)5-7-15(16)12(3)18/h5,7,9-12,14,18H,4,6,8H2,1-3H3. The Morgan fingerprint density at radius 2 is 2.00 bits per heavy atom. The fourth-order valence-electron chi connectivity index (χ4n) is 2.74. The molecule has 2 nitrogen and oxygen atoms in total. The van der Waals surface area contributed by atoms with Crippen molar-refractivity contribution in [1.29, 1.82) is 0 Å². The van der Waals surface area contributed by atoms with Crippen molar-refractivity contribution < 1.29 is 9.84 Å². The first-order chi connectivity index (χ1) is 8.97. The van der Waals surface area contributed by atoms with Crippen LogP contribution in [0, 0.1) is 11.8 Å². The van der Waals surface area contributed by atoms with Crippen LogP contribution < -0.4 is 4.74 Å². The van der Waals surface area contributed by atoms with Crippen LogP contribution in [0.4, 0.5) is 0 Å². The van der Waals surface area contributed by atoms with Crippen molar-refractivity contribution in [2.24, 2.45) is 11.8 Å². The number of rotatable bonds is 3. The number of hydrogen-bond acceptors (Lipinski definition) is 2. The molecule has 0 aromatic heterocycles.